The fourth-order valence-corrected chi connectivity index (χ4v) is 2.75. The van der Waals surface area contributed by atoms with Crippen molar-refractivity contribution in [2.45, 2.75) is 26.1 Å². The summed E-state index contributed by atoms with van der Waals surface area (Å²) in [6.45, 7) is 5.09. The molecular formula is C17H21N3. The molecule has 1 atom stereocenters. The molecule has 1 heterocycles. The minimum Gasteiger partial charge on any atom is -0.397 e. The van der Waals surface area contributed by atoms with Crippen LogP contribution in [0, 0.1) is 0 Å². The van der Waals surface area contributed by atoms with E-state index in [1.807, 2.05) is 12.1 Å². The van der Waals surface area contributed by atoms with Gasteiger partial charge in [0.1, 0.15) is 0 Å². The van der Waals surface area contributed by atoms with Gasteiger partial charge >= 0.3 is 0 Å². The second-order valence-corrected chi connectivity index (χ2v) is 5.50. The Hall–Kier alpha value is -2.00. The highest BCUT2D eigenvalue weighted by atomic mass is 15.2. The Morgan fingerprint density at radius 2 is 1.95 bits per heavy atom. The zero-order chi connectivity index (χ0) is 13.9. The van der Waals surface area contributed by atoms with Crippen molar-refractivity contribution >= 4 is 11.4 Å². The molecule has 0 aliphatic carbocycles. The highest BCUT2D eigenvalue weighted by Gasteiger charge is 2.21. The van der Waals surface area contributed by atoms with E-state index < -0.39 is 0 Å². The van der Waals surface area contributed by atoms with E-state index >= 15 is 0 Å². The molecule has 0 fully saturated rings. The first kappa shape index (κ1) is 13.0. The van der Waals surface area contributed by atoms with Crippen LogP contribution in [0.1, 0.15) is 18.1 Å². The summed E-state index contributed by atoms with van der Waals surface area (Å²) in [5.41, 5.74) is 10.7. The molecule has 3 N–H and O–H groups in total. The molecule has 3 rings (SSSR count). The van der Waals surface area contributed by atoms with Gasteiger partial charge in [-0.2, -0.15) is 0 Å². The smallest absolute Gasteiger partial charge is 0.0620 e. The number of rotatable bonds is 2. The van der Waals surface area contributed by atoms with E-state index in [2.05, 4.69) is 53.5 Å². The lowest BCUT2D eigenvalue weighted by atomic mass is 10.1. The fraction of sp³-hybridized carbons (Fsp3) is 0.294. The SMILES string of the molecule is C[C@H]1CNc2c(N)cccc2CN1Cc1ccccc1. The van der Waals surface area contributed by atoms with Crippen molar-refractivity contribution in [3.63, 3.8) is 0 Å². The molecule has 0 radical (unpaired) electrons. The van der Waals surface area contributed by atoms with Gasteiger partial charge in [0.15, 0.2) is 0 Å². The summed E-state index contributed by atoms with van der Waals surface area (Å²) in [5.74, 6) is 0. The largest absolute Gasteiger partial charge is 0.397 e. The third-order valence-electron chi connectivity index (χ3n) is 3.98. The van der Waals surface area contributed by atoms with E-state index in [1.54, 1.807) is 0 Å². The van der Waals surface area contributed by atoms with Crippen LogP contribution in [0.25, 0.3) is 0 Å². The first-order valence-electron chi connectivity index (χ1n) is 7.13. The van der Waals surface area contributed by atoms with Crippen molar-refractivity contribution < 1.29 is 0 Å². The predicted molar refractivity (Wildman–Crippen MR) is 84.5 cm³/mol. The van der Waals surface area contributed by atoms with Crippen LogP contribution in [0.2, 0.25) is 0 Å². The monoisotopic (exact) mass is 267 g/mol. The predicted octanol–water partition coefficient (Wildman–Crippen LogP) is 3.09. The molecule has 3 nitrogen and oxygen atoms in total. The van der Waals surface area contributed by atoms with Gasteiger partial charge in [0.25, 0.3) is 0 Å². The van der Waals surface area contributed by atoms with Crippen molar-refractivity contribution in [2.24, 2.45) is 0 Å². The summed E-state index contributed by atoms with van der Waals surface area (Å²) in [6, 6.07) is 17.3. The van der Waals surface area contributed by atoms with Crippen LogP contribution in [0.5, 0.6) is 0 Å². The Bertz CT molecular complexity index is 580. The summed E-state index contributed by atoms with van der Waals surface area (Å²) in [7, 11) is 0. The van der Waals surface area contributed by atoms with Crippen LogP contribution in [0.3, 0.4) is 0 Å². The zero-order valence-electron chi connectivity index (χ0n) is 11.8. The molecule has 3 heteroatoms. The summed E-state index contributed by atoms with van der Waals surface area (Å²) in [5, 5.41) is 3.49. The average Bonchev–Trinajstić information content (AvgIpc) is 2.61. The molecule has 0 aromatic heterocycles. The van der Waals surface area contributed by atoms with Gasteiger partial charge in [-0.1, -0.05) is 42.5 Å². The molecule has 0 spiro atoms. The number of fused-ring (bicyclic) bond motifs is 1. The van der Waals surface area contributed by atoms with Gasteiger partial charge in [0.05, 0.1) is 11.4 Å². The van der Waals surface area contributed by atoms with Crippen molar-refractivity contribution in [1.29, 1.82) is 0 Å². The highest BCUT2D eigenvalue weighted by Crippen LogP contribution is 2.28. The molecule has 1 aliphatic heterocycles. The standard InChI is InChI=1S/C17H21N3/c1-13-10-19-17-15(8-5-9-16(17)18)12-20(13)11-14-6-3-2-4-7-14/h2-9,13,19H,10-12,18H2,1H3/t13-/m0/s1. The van der Waals surface area contributed by atoms with Gasteiger partial charge in [-0.3, -0.25) is 4.90 Å². The first-order chi connectivity index (χ1) is 9.74. The summed E-state index contributed by atoms with van der Waals surface area (Å²) in [4.78, 5) is 2.49. The number of nitrogens with two attached hydrogens (primary N) is 1. The number of nitrogens with one attached hydrogen (secondary N) is 1. The summed E-state index contributed by atoms with van der Waals surface area (Å²) < 4.78 is 0. The second-order valence-electron chi connectivity index (χ2n) is 5.50. The van der Waals surface area contributed by atoms with E-state index in [1.165, 1.54) is 11.1 Å². The van der Waals surface area contributed by atoms with E-state index in [9.17, 15) is 0 Å². The molecule has 0 saturated carbocycles. The number of nitrogens with zero attached hydrogens (tertiary/aromatic N) is 1. The lowest BCUT2D eigenvalue weighted by Gasteiger charge is -2.26. The van der Waals surface area contributed by atoms with Crippen molar-refractivity contribution in [3.8, 4) is 0 Å². The minimum absolute atomic E-state index is 0.474. The Morgan fingerprint density at radius 3 is 2.75 bits per heavy atom. The Labute approximate surface area is 120 Å². The molecule has 104 valence electrons. The van der Waals surface area contributed by atoms with Gasteiger partial charge < -0.3 is 11.1 Å². The molecule has 0 amide bonds. The normalized spacial score (nSPS) is 18.9. The third kappa shape index (κ3) is 2.63. The maximum Gasteiger partial charge on any atom is 0.0620 e. The zero-order valence-corrected chi connectivity index (χ0v) is 11.8. The minimum atomic E-state index is 0.474. The van der Waals surface area contributed by atoms with E-state index in [0.717, 1.165) is 31.0 Å². The number of hydrogen-bond acceptors (Lipinski definition) is 3. The Kier molecular flexibility index (Phi) is 3.61. The molecule has 2 aromatic carbocycles. The number of benzene rings is 2. The van der Waals surface area contributed by atoms with Crippen LogP contribution >= 0.6 is 0 Å². The van der Waals surface area contributed by atoms with Gasteiger partial charge in [-0.25, -0.2) is 0 Å². The maximum atomic E-state index is 6.07. The fourth-order valence-electron chi connectivity index (χ4n) is 2.75. The van der Waals surface area contributed by atoms with Crippen molar-refractivity contribution in [3.05, 3.63) is 59.7 Å². The second kappa shape index (κ2) is 5.55. The number of nitrogen functional groups attached to an aromatic ring is 1. The van der Waals surface area contributed by atoms with Crippen molar-refractivity contribution in [1.82, 2.24) is 4.90 Å². The molecular weight excluding hydrogens is 246 g/mol. The third-order valence-corrected chi connectivity index (χ3v) is 3.98. The number of hydrogen-bond donors (Lipinski definition) is 2. The van der Waals surface area contributed by atoms with E-state index in [0.29, 0.717) is 6.04 Å². The van der Waals surface area contributed by atoms with Crippen LogP contribution < -0.4 is 11.1 Å². The summed E-state index contributed by atoms with van der Waals surface area (Å²) in [6.07, 6.45) is 0. The van der Waals surface area contributed by atoms with Crippen LogP contribution in [-0.4, -0.2) is 17.5 Å². The molecule has 1 aliphatic rings. The molecule has 0 unspecified atom stereocenters. The van der Waals surface area contributed by atoms with Crippen LogP contribution in [0.4, 0.5) is 11.4 Å². The average molecular weight is 267 g/mol. The van der Waals surface area contributed by atoms with Gasteiger partial charge in [-0.05, 0) is 24.1 Å². The molecule has 20 heavy (non-hydrogen) atoms. The lowest BCUT2D eigenvalue weighted by Crippen LogP contribution is -2.34. The number of para-hydroxylation sites is 1. The molecule has 0 saturated heterocycles. The van der Waals surface area contributed by atoms with Crippen LogP contribution in [-0.2, 0) is 13.1 Å². The highest BCUT2D eigenvalue weighted by molar-refractivity contribution is 5.70. The Morgan fingerprint density at radius 1 is 1.15 bits per heavy atom. The van der Waals surface area contributed by atoms with Gasteiger partial charge in [-0.15, -0.1) is 0 Å². The quantitative estimate of drug-likeness (QED) is 0.822. The number of anilines is 2. The van der Waals surface area contributed by atoms with Crippen LogP contribution in [0.15, 0.2) is 48.5 Å². The van der Waals surface area contributed by atoms with E-state index in [4.69, 9.17) is 5.73 Å². The van der Waals surface area contributed by atoms with Gasteiger partial charge in [0, 0.05) is 25.7 Å². The van der Waals surface area contributed by atoms with E-state index in [-0.39, 0.29) is 0 Å². The molecule has 2 aromatic rings. The lowest BCUT2D eigenvalue weighted by molar-refractivity contribution is 0.203. The van der Waals surface area contributed by atoms with Gasteiger partial charge in [0.2, 0.25) is 0 Å². The topological polar surface area (TPSA) is 41.3 Å². The molecule has 0 bridgehead atoms. The summed E-state index contributed by atoms with van der Waals surface area (Å²) >= 11 is 0. The van der Waals surface area contributed by atoms with Crippen molar-refractivity contribution in [2.75, 3.05) is 17.6 Å². The Balaban J connectivity index is 1.85. The maximum absolute atomic E-state index is 6.07. The first-order valence-corrected chi connectivity index (χ1v) is 7.13.